The van der Waals surface area contributed by atoms with Crippen LogP contribution in [0.4, 0.5) is 11.5 Å². The van der Waals surface area contributed by atoms with Crippen LogP contribution in [-0.4, -0.2) is 10.9 Å². The number of anilines is 2. The molecule has 0 aromatic carbocycles. The summed E-state index contributed by atoms with van der Waals surface area (Å²) < 4.78 is 0. The third kappa shape index (κ3) is 2.14. The fourth-order valence-electron chi connectivity index (χ4n) is 1.13. The second kappa shape index (κ2) is 3.84. The number of aromatic nitrogens is 1. The maximum absolute atomic E-state index is 11.4. The van der Waals surface area contributed by atoms with E-state index < -0.39 is 0 Å². The molecular weight excluding hydrogens is 202 g/mol. The molecule has 4 nitrogen and oxygen atoms in total. The van der Waals surface area contributed by atoms with Crippen molar-refractivity contribution < 1.29 is 4.79 Å². The predicted octanol–water partition coefficient (Wildman–Crippen LogP) is 2.00. The molecule has 0 radical (unpaired) electrons. The first-order valence-electron chi connectivity index (χ1n) is 4.43. The molecule has 5 heteroatoms. The van der Waals surface area contributed by atoms with E-state index in [0.717, 1.165) is 12.8 Å². The Hall–Kier alpha value is -1.29. The SMILES string of the molecule is O=C(Nc1cc(NCl)ccn1)C1CC1. The molecule has 1 heterocycles. The van der Waals surface area contributed by atoms with Crippen molar-refractivity contribution in [3.05, 3.63) is 18.3 Å². The van der Waals surface area contributed by atoms with Crippen LogP contribution in [0.15, 0.2) is 18.3 Å². The number of pyridine rings is 1. The number of rotatable bonds is 3. The summed E-state index contributed by atoms with van der Waals surface area (Å²) in [6, 6.07) is 3.41. The molecule has 0 unspecified atom stereocenters. The van der Waals surface area contributed by atoms with Gasteiger partial charge < -0.3 is 5.32 Å². The monoisotopic (exact) mass is 211 g/mol. The Morgan fingerprint density at radius 3 is 3.00 bits per heavy atom. The predicted molar refractivity (Wildman–Crippen MR) is 55.1 cm³/mol. The number of hydrogen-bond donors (Lipinski definition) is 2. The van der Waals surface area contributed by atoms with Crippen LogP contribution >= 0.6 is 11.8 Å². The van der Waals surface area contributed by atoms with Crippen LogP contribution in [0.2, 0.25) is 0 Å². The lowest BCUT2D eigenvalue weighted by Crippen LogP contribution is -2.14. The van der Waals surface area contributed by atoms with Gasteiger partial charge in [0.25, 0.3) is 0 Å². The molecule has 1 aromatic heterocycles. The number of carbonyl (C=O) groups is 1. The fraction of sp³-hybridized carbons (Fsp3) is 0.333. The second-order valence-electron chi connectivity index (χ2n) is 3.29. The Balaban J connectivity index is 2.04. The zero-order valence-electron chi connectivity index (χ0n) is 7.46. The van der Waals surface area contributed by atoms with Gasteiger partial charge in [-0.2, -0.15) is 0 Å². The standard InChI is InChI=1S/C9H10ClN3O/c10-13-7-3-4-11-8(5-7)12-9(14)6-1-2-6/h3-6H,1-2H2,(H2,11,12,13,14). The van der Waals surface area contributed by atoms with E-state index in [4.69, 9.17) is 11.8 Å². The molecule has 0 atom stereocenters. The molecule has 1 aliphatic carbocycles. The number of nitrogens with one attached hydrogen (secondary N) is 2. The molecular formula is C9H10ClN3O. The van der Waals surface area contributed by atoms with Crippen molar-refractivity contribution in [1.29, 1.82) is 0 Å². The largest absolute Gasteiger partial charge is 0.310 e. The van der Waals surface area contributed by atoms with Crippen molar-refractivity contribution in [2.75, 3.05) is 10.2 Å². The smallest absolute Gasteiger partial charge is 0.228 e. The number of hydrogen-bond acceptors (Lipinski definition) is 3. The normalized spacial score (nSPS) is 14.9. The lowest BCUT2D eigenvalue weighted by Gasteiger charge is -2.04. The topological polar surface area (TPSA) is 54.0 Å². The van der Waals surface area contributed by atoms with Crippen molar-refractivity contribution in [3.63, 3.8) is 0 Å². The van der Waals surface area contributed by atoms with Gasteiger partial charge in [-0.05, 0) is 18.9 Å². The Morgan fingerprint density at radius 2 is 2.36 bits per heavy atom. The molecule has 0 saturated heterocycles. The van der Waals surface area contributed by atoms with E-state index >= 15 is 0 Å². The summed E-state index contributed by atoms with van der Waals surface area (Å²) in [7, 11) is 0. The Bertz CT molecular complexity index is 352. The second-order valence-corrected chi connectivity index (χ2v) is 3.48. The summed E-state index contributed by atoms with van der Waals surface area (Å²) in [5.41, 5.74) is 0.716. The van der Waals surface area contributed by atoms with E-state index in [-0.39, 0.29) is 11.8 Å². The highest BCUT2D eigenvalue weighted by molar-refractivity contribution is 6.24. The maximum Gasteiger partial charge on any atom is 0.228 e. The molecule has 1 aliphatic rings. The molecule has 1 aromatic rings. The first kappa shape index (κ1) is 9.27. The van der Waals surface area contributed by atoms with Crippen molar-refractivity contribution in [1.82, 2.24) is 4.98 Å². The summed E-state index contributed by atoms with van der Waals surface area (Å²) in [5, 5.41) is 2.73. The number of amides is 1. The van der Waals surface area contributed by atoms with E-state index in [1.54, 1.807) is 18.3 Å². The number of halogens is 1. The molecule has 14 heavy (non-hydrogen) atoms. The average molecular weight is 212 g/mol. The highest BCUT2D eigenvalue weighted by Gasteiger charge is 2.29. The van der Waals surface area contributed by atoms with Gasteiger partial charge in [0.15, 0.2) is 0 Å². The van der Waals surface area contributed by atoms with Gasteiger partial charge in [-0.25, -0.2) is 4.98 Å². The van der Waals surface area contributed by atoms with Crippen LogP contribution in [0, 0.1) is 5.92 Å². The van der Waals surface area contributed by atoms with Crippen LogP contribution in [0.25, 0.3) is 0 Å². The summed E-state index contributed by atoms with van der Waals surface area (Å²) in [6.45, 7) is 0. The highest BCUT2D eigenvalue weighted by atomic mass is 35.5. The van der Waals surface area contributed by atoms with Gasteiger partial charge >= 0.3 is 0 Å². The summed E-state index contributed by atoms with van der Waals surface area (Å²) >= 11 is 5.42. The molecule has 1 saturated carbocycles. The van der Waals surface area contributed by atoms with Gasteiger partial charge in [0.1, 0.15) is 5.82 Å². The average Bonchev–Trinajstić information content (AvgIpc) is 3.01. The quantitative estimate of drug-likeness (QED) is 0.752. The summed E-state index contributed by atoms with van der Waals surface area (Å²) in [4.78, 5) is 17.8. The Kier molecular flexibility index (Phi) is 2.54. The zero-order chi connectivity index (χ0) is 9.97. The molecule has 2 N–H and O–H groups in total. The van der Waals surface area contributed by atoms with Crippen molar-refractivity contribution in [2.45, 2.75) is 12.8 Å². The van der Waals surface area contributed by atoms with Crippen molar-refractivity contribution >= 4 is 29.2 Å². The van der Waals surface area contributed by atoms with Gasteiger partial charge in [-0.3, -0.25) is 9.63 Å². The molecule has 0 spiro atoms. The molecule has 2 rings (SSSR count). The van der Waals surface area contributed by atoms with Crippen LogP contribution in [0.1, 0.15) is 12.8 Å². The van der Waals surface area contributed by atoms with Gasteiger partial charge in [-0.15, -0.1) is 0 Å². The van der Waals surface area contributed by atoms with E-state index in [2.05, 4.69) is 15.1 Å². The van der Waals surface area contributed by atoms with Gasteiger partial charge in [0.2, 0.25) is 5.91 Å². The molecule has 1 amide bonds. The third-order valence-corrected chi connectivity index (χ3v) is 2.29. The van der Waals surface area contributed by atoms with E-state index in [1.165, 1.54) is 0 Å². The minimum Gasteiger partial charge on any atom is -0.310 e. The molecule has 0 bridgehead atoms. The molecule has 1 fully saturated rings. The van der Waals surface area contributed by atoms with Gasteiger partial charge in [-0.1, -0.05) is 0 Å². The Labute approximate surface area is 86.8 Å². The molecule has 0 aliphatic heterocycles. The summed E-state index contributed by atoms with van der Waals surface area (Å²) in [5.74, 6) is 0.765. The lowest BCUT2D eigenvalue weighted by atomic mass is 10.3. The molecule has 74 valence electrons. The van der Waals surface area contributed by atoms with E-state index in [9.17, 15) is 4.79 Å². The van der Waals surface area contributed by atoms with E-state index in [1.807, 2.05) is 0 Å². The highest BCUT2D eigenvalue weighted by Crippen LogP contribution is 2.30. The van der Waals surface area contributed by atoms with Crippen LogP contribution in [0.5, 0.6) is 0 Å². The lowest BCUT2D eigenvalue weighted by molar-refractivity contribution is -0.117. The maximum atomic E-state index is 11.4. The summed E-state index contributed by atoms with van der Waals surface area (Å²) in [6.07, 6.45) is 3.56. The first-order chi connectivity index (χ1) is 6.79. The Morgan fingerprint density at radius 1 is 1.57 bits per heavy atom. The van der Waals surface area contributed by atoms with Crippen LogP contribution in [0.3, 0.4) is 0 Å². The minimum absolute atomic E-state index is 0.0456. The van der Waals surface area contributed by atoms with E-state index in [0.29, 0.717) is 11.5 Å². The number of carbonyl (C=O) groups excluding carboxylic acids is 1. The van der Waals surface area contributed by atoms with Crippen molar-refractivity contribution in [3.8, 4) is 0 Å². The minimum atomic E-state index is 0.0456. The van der Waals surface area contributed by atoms with Gasteiger partial charge in [0.05, 0.1) is 5.69 Å². The zero-order valence-corrected chi connectivity index (χ0v) is 8.21. The number of nitrogens with zero attached hydrogens (tertiary/aromatic N) is 1. The van der Waals surface area contributed by atoms with Crippen molar-refractivity contribution in [2.24, 2.45) is 5.92 Å². The van der Waals surface area contributed by atoms with Gasteiger partial charge in [0, 0.05) is 30.0 Å². The fourth-order valence-corrected chi connectivity index (χ4v) is 1.25. The van der Waals surface area contributed by atoms with Crippen LogP contribution < -0.4 is 10.2 Å². The first-order valence-corrected chi connectivity index (χ1v) is 4.81. The third-order valence-electron chi connectivity index (χ3n) is 2.07. The van der Waals surface area contributed by atoms with Crippen LogP contribution in [-0.2, 0) is 4.79 Å².